The Morgan fingerprint density at radius 3 is 2.33 bits per heavy atom. The Hall–Kier alpha value is -2.19. The summed E-state index contributed by atoms with van der Waals surface area (Å²) in [7, 11) is 1.62. The molecule has 1 rings (SSSR count). The minimum absolute atomic E-state index is 0. The van der Waals surface area contributed by atoms with Crippen LogP contribution < -0.4 is 26.4 Å². The van der Waals surface area contributed by atoms with Gasteiger partial charge in [-0.2, -0.15) is 4.99 Å². The van der Waals surface area contributed by atoms with Crippen molar-refractivity contribution in [3.8, 4) is 11.5 Å². The van der Waals surface area contributed by atoms with Gasteiger partial charge in [-0.3, -0.25) is 4.84 Å². The molecule has 1 aromatic rings. The van der Waals surface area contributed by atoms with Gasteiger partial charge in [0.1, 0.15) is 11.5 Å². The smallest absolute Gasteiger partial charge is 0.221 e. The average molecular weight is 360 g/mol. The van der Waals surface area contributed by atoms with Gasteiger partial charge in [0, 0.05) is 12.5 Å². The van der Waals surface area contributed by atoms with Gasteiger partial charge < -0.3 is 20.9 Å². The van der Waals surface area contributed by atoms with Crippen LogP contribution in [0.5, 0.6) is 11.5 Å². The zero-order valence-corrected chi connectivity index (χ0v) is 15.0. The Balaban J connectivity index is 0.00000529. The molecule has 0 bridgehead atoms. The predicted octanol–water partition coefficient (Wildman–Crippen LogP) is 1.44. The maximum atomic E-state index is 5.59. The first-order valence-electron chi connectivity index (χ1n) is 7.33. The Kier molecular flexibility index (Phi) is 11.1. The number of rotatable bonds is 8. The monoisotopic (exact) mass is 359 g/mol. The van der Waals surface area contributed by atoms with E-state index in [-0.39, 0.29) is 30.4 Å². The number of halogens is 1. The van der Waals surface area contributed by atoms with Crippen molar-refractivity contribution < 1.29 is 14.3 Å². The van der Waals surface area contributed by atoms with E-state index in [1.807, 2.05) is 38.1 Å². The SMILES string of the molecule is COc1ccc(OCCCON/C(N)=N/C(N)=NC(C)C)cc1.Cl. The van der Waals surface area contributed by atoms with Crippen molar-refractivity contribution in [1.82, 2.24) is 5.48 Å². The number of nitrogens with two attached hydrogens (primary N) is 2. The molecule has 0 fully saturated rings. The van der Waals surface area contributed by atoms with Crippen LogP contribution in [0.2, 0.25) is 0 Å². The number of aliphatic imine (C=N–C) groups is 2. The van der Waals surface area contributed by atoms with Crippen molar-refractivity contribution in [2.75, 3.05) is 20.3 Å². The molecule has 0 heterocycles. The lowest BCUT2D eigenvalue weighted by Crippen LogP contribution is -2.34. The summed E-state index contributed by atoms with van der Waals surface area (Å²) in [5.74, 6) is 1.73. The van der Waals surface area contributed by atoms with Crippen molar-refractivity contribution >= 4 is 24.3 Å². The molecule has 0 atom stereocenters. The standard InChI is InChI=1S/C15H25N5O3.ClH/c1-11(2)18-14(16)19-15(17)20-23-10-4-9-22-13-7-5-12(21-3)6-8-13;/h5-8,11H,4,9-10H2,1-3H3,(H5,16,17,18,19,20);1H. The minimum atomic E-state index is 0. The van der Waals surface area contributed by atoms with Crippen LogP contribution in [0.1, 0.15) is 20.3 Å². The number of hydrogen-bond acceptors (Lipinski definition) is 4. The highest BCUT2D eigenvalue weighted by molar-refractivity contribution is 5.92. The molecule has 0 aliphatic heterocycles. The molecule has 0 unspecified atom stereocenters. The maximum absolute atomic E-state index is 5.59. The molecule has 0 saturated carbocycles. The zero-order chi connectivity index (χ0) is 17.1. The van der Waals surface area contributed by atoms with Gasteiger partial charge in [-0.25, -0.2) is 10.5 Å². The number of nitrogens with one attached hydrogen (secondary N) is 1. The third-order valence-electron chi connectivity index (χ3n) is 2.52. The molecule has 24 heavy (non-hydrogen) atoms. The molecular formula is C15H26ClN5O3. The van der Waals surface area contributed by atoms with E-state index in [1.165, 1.54) is 0 Å². The van der Waals surface area contributed by atoms with Crippen LogP contribution in [0, 0.1) is 0 Å². The van der Waals surface area contributed by atoms with Gasteiger partial charge in [0.25, 0.3) is 0 Å². The van der Waals surface area contributed by atoms with Crippen LogP contribution in [0.15, 0.2) is 34.3 Å². The highest BCUT2D eigenvalue weighted by atomic mass is 35.5. The Morgan fingerprint density at radius 1 is 1.12 bits per heavy atom. The number of nitrogens with zero attached hydrogens (tertiary/aromatic N) is 2. The van der Waals surface area contributed by atoms with Gasteiger partial charge in [-0.05, 0) is 38.1 Å². The first kappa shape index (κ1) is 21.8. The molecule has 136 valence electrons. The lowest BCUT2D eigenvalue weighted by molar-refractivity contribution is 0.0739. The molecule has 8 nitrogen and oxygen atoms in total. The van der Waals surface area contributed by atoms with E-state index < -0.39 is 0 Å². The van der Waals surface area contributed by atoms with Crippen molar-refractivity contribution in [2.45, 2.75) is 26.3 Å². The molecule has 0 aromatic heterocycles. The Morgan fingerprint density at radius 2 is 1.75 bits per heavy atom. The predicted molar refractivity (Wildman–Crippen MR) is 97.8 cm³/mol. The molecule has 0 saturated heterocycles. The van der Waals surface area contributed by atoms with E-state index >= 15 is 0 Å². The highest BCUT2D eigenvalue weighted by Crippen LogP contribution is 2.16. The van der Waals surface area contributed by atoms with E-state index in [0.717, 1.165) is 11.5 Å². The van der Waals surface area contributed by atoms with Gasteiger partial charge in [-0.1, -0.05) is 0 Å². The Labute approximate surface area is 148 Å². The second-order valence-corrected chi connectivity index (χ2v) is 4.91. The van der Waals surface area contributed by atoms with Crippen LogP contribution in [-0.2, 0) is 4.84 Å². The second-order valence-electron chi connectivity index (χ2n) is 4.91. The van der Waals surface area contributed by atoms with E-state index in [0.29, 0.717) is 19.6 Å². The van der Waals surface area contributed by atoms with E-state index in [2.05, 4.69) is 15.5 Å². The lowest BCUT2D eigenvalue weighted by atomic mass is 10.3. The van der Waals surface area contributed by atoms with Crippen LogP contribution in [0.4, 0.5) is 0 Å². The fraction of sp³-hybridized carbons (Fsp3) is 0.467. The number of hydrogen-bond donors (Lipinski definition) is 3. The van der Waals surface area contributed by atoms with Gasteiger partial charge in [0.15, 0.2) is 0 Å². The third kappa shape index (κ3) is 9.75. The maximum Gasteiger partial charge on any atom is 0.221 e. The summed E-state index contributed by atoms with van der Waals surface area (Å²) in [6.07, 6.45) is 0.682. The number of guanidine groups is 2. The number of hydroxylamine groups is 1. The third-order valence-corrected chi connectivity index (χ3v) is 2.52. The summed E-state index contributed by atoms with van der Waals surface area (Å²) in [6.45, 7) is 4.71. The van der Waals surface area contributed by atoms with Crippen molar-refractivity contribution in [3.05, 3.63) is 24.3 Å². The van der Waals surface area contributed by atoms with E-state index in [4.69, 9.17) is 25.8 Å². The molecule has 9 heteroatoms. The lowest BCUT2D eigenvalue weighted by Gasteiger charge is -2.08. The number of methoxy groups -OCH3 is 1. The Bertz CT molecular complexity index is 520. The second kappa shape index (κ2) is 12.3. The zero-order valence-electron chi connectivity index (χ0n) is 14.2. The van der Waals surface area contributed by atoms with E-state index in [1.54, 1.807) is 7.11 Å². The summed E-state index contributed by atoms with van der Waals surface area (Å²) < 4.78 is 10.6. The molecule has 0 radical (unpaired) electrons. The fourth-order valence-electron chi connectivity index (χ4n) is 1.56. The molecule has 0 spiro atoms. The minimum Gasteiger partial charge on any atom is -0.497 e. The highest BCUT2D eigenvalue weighted by Gasteiger charge is 1.98. The molecule has 0 aliphatic carbocycles. The topological polar surface area (TPSA) is 116 Å². The average Bonchev–Trinajstić information content (AvgIpc) is 2.50. The summed E-state index contributed by atoms with van der Waals surface area (Å²) in [6, 6.07) is 7.43. The summed E-state index contributed by atoms with van der Waals surface area (Å²) in [4.78, 5) is 13.0. The van der Waals surface area contributed by atoms with Gasteiger partial charge in [-0.15, -0.1) is 12.4 Å². The van der Waals surface area contributed by atoms with Crippen LogP contribution in [0.25, 0.3) is 0 Å². The number of benzene rings is 1. The normalized spacial score (nSPS) is 11.8. The quantitative estimate of drug-likeness (QED) is 0.280. The van der Waals surface area contributed by atoms with Gasteiger partial charge in [0.2, 0.25) is 11.9 Å². The fourth-order valence-corrected chi connectivity index (χ4v) is 1.56. The van der Waals surface area contributed by atoms with Gasteiger partial charge >= 0.3 is 0 Å². The van der Waals surface area contributed by atoms with E-state index in [9.17, 15) is 0 Å². The van der Waals surface area contributed by atoms with Crippen molar-refractivity contribution in [1.29, 1.82) is 0 Å². The molecule has 0 amide bonds. The molecule has 0 aliphatic rings. The summed E-state index contributed by atoms with van der Waals surface area (Å²) in [5, 5.41) is 0. The van der Waals surface area contributed by atoms with Gasteiger partial charge in [0.05, 0.1) is 20.3 Å². The largest absolute Gasteiger partial charge is 0.497 e. The van der Waals surface area contributed by atoms with Crippen molar-refractivity contribution in [3.63, 3.8) is 0 Å². The van der Waals surface area contributed by atoms with Crippen LogP contribution in [0.3, 0.4) is 0 Å². The first-order valence-corrected chi connectivity index (χ1v) is 7.33. The van der Waals surface area contributed by atoms with Crippen LogP contribution in [-0.4, -0.2) is 38.3 Å². The molecule has 1 aromatic carbocycles. The first-order chi connectivity index (χ1) is 11.0. The summed E-state index contributed by atoms with van der Waals surface area (Å²) >= 11 is 0. The van der Waals surface area contributed by atoms with Crippen LogP contribution >= 0.6 is 12.4 Å². The molecular weight excluding hydrogens is 334 g/mol. The summed E-state index contributed by atoms with van der Waals surface area (Å²) in [5.41, 5.74) is 13.7. The molecule has 5 N–H and O–H groups in total. The number of ether oxygens (including phenoxy) is 2. The van der Waals surface area contributed by atoms with Crippen molar-refractivity contribution in [2.24, 2.45) is 21.5 Å².